The molecule has 106 valence electrons. The Bertz CT molecular complexity index is 237. The molecule has 1 saturated heterocycles. The smallest absolute Gasteiger partial charge is 0.0553 e. The first kappa shape index (κ1) is 14.3. The monoisotopic (exact) mass is 254 g/mol. The average Bonchev–Trinajstić information content (AvgIpc) is 2.82. The molecular formula is C15H30N2O. The maximum atomic E-state index is 9.89. The molecule has 3 atom stereocenters. The van der Waals surface area contributed by atoms with E-state index in [1.165, 1.54) is 38.8 Å². The third kappa shape index (κ3) is 3.94. The predicted octanol–water partition coefficient (Wildman–Crippen LogP) is 1.86. The Morgan fingerprint density at radius 1 is 1.28 bits per heavy atom. The molecule has 0 radical (unpaired) electrons. The summed E-state index contributed by atoms with van der Waals surface area (Å²) in [5, 5.41) is 13.5. The van der Waals surface area contributed by atoms with Crippen LogP contribution in [-0.4, -0.2) is 48.3 Å². The van der Waals surface area contributed by atoms with Crippen LogP contribution in [0.15, 0.2) is 0 Å². The molecule has 18 heavy (non-hydrogen) atoms. The SMILES string of the molecule is CCNC1CC(C(C)O)CN(CC2CCCC2)C1. The van der Waals surface area contributed by atoms with Gasteiger partial charge in [0.05, 0.1) is 6.10 Å². The molecule has 0 aromatic heterocycles. The molecule has 0 spiro atoms. The first-order chi connectivity index (χ1) is 8.69. The van der Waals surface area contributed by atoms with E-state index in [0.717, 1.165) is 25.4 Å². The third-order valence-electron chi connectivity index (χ3n) is 4.72. The minimum absolute atomic E-state index is 0.169. The number of aliphatic hydroxyl groups excluding tert-OH is 1. The fourth-order valence-corrected chi connectivity index (χ4v) is 3.73. The Labute approximate surface area is 112 Å². The topological polar surface area (TPSA) is 35.5 Å². The van der Waals surface area contributed by atoms with Crippen molar-refractivity contribution in [3.8, 4) is 0 Å². The zero-order valence-corrected chi connectivity index (χ0v) is 12.1. The molecule has 1 aliphatic heterocycles. The summed E-state index contributed by atoms with van der Waals surface area (Å²) in [5.74, 6) is 1.37. The highest BCUT2D eigenvalue weighted by Gasteiger charge is 2.30. The normalized spacial score (nSPS) is 32.8. The summed E-state index contributed by atoms with van der Waals surface area (Å²) in [6.45, 7) is 8.68. The van der Waals surface area contributed by atoms with Crippen LogP contribution < -0.4 is 5.32 Å². The maximum absolute atomic E-state index is 9.89. The zero-order valence-electron chi connectivity index (χ0n) is 12.1. The molecular weight excluding hydrogens is 224 g/mol. The molecule has 1 aliphatic carbocycles. The van der Waals surface area contributed by atoms with E-state index >= 15 is 0 Å². The lowest BCUT2D eigenvalue weighted by molar-refractivity contribution is 0.0423. The Kier molecular flexibility index (Phi) is 5.46. The van der Waals surface area contributed by atoms with E-state index in [0.29, 0.717) is 12.0 Å². The van der Waals surface area contributed by atoms with Gasteiger partial charge in [-0.15, -0.1) is 0 Å². The van der Waals surface area contributed by atoms with E-state index in [-0.39, 0.29) is 6.10 Å². The van der Waals surface area contributed by atoms with Gasteiger partial charge in [0, 0.05) is 25.7 Å². The van der Waals surface area contributed by atoms with Gasteiger partial charge in [-0.3, -0.25) is 0 Å². The molecule has 1 saturated carbocycles. The van der Waals surface area contributed by atoms with E-state index in [2.05, 4.69) is 17.1 Å². The van der Waals surface area contributed by atoms with E-state index in [4.69, 9.17) is 0 Å². The Hall–Kier alpha value is -0.120. The van der Waals surface area contributed by atoms with Crippen LogP contribution in [0.25, 0.3) is 0 Å². The van der Waals surface area contributed by atoms with Gasteiger partial charge in [-0.2, -0.15) is 0 Å². The molecule has 2 rings (SSSR count). The van der Waals surface area contributed by atoms with E-state index in [1.54, 1.807) is 0 Å². The lowest BCUT2D eigenvalue weighted by Crippen LogP contribution is -2.52. The van der Waals surface area contributed by atoms with Crippen molar-refractivity contribution >= 4 is 0 Å². The second kappa shape index (κ2) is 6.88. The summed E-state index contributed by atoms with van der Waals surface area (Å²) in [5.41, 5.74) is 0. The Morgan fingerprint density at radius 2 is 2.00 bits per heavy atom. The van der Waals surface area contributed by atoms with Crippen LogP contribution in [0.3, 0.4) is 0 Å². The fourth-order valence-electron chi connectivity index (χ4n) is 3.73. The lowest BCUT2D eigenvalue weighted by Gasteiger charge is -2.40. The van der Waals surface area contributed by atoms with Crippen LogP contribution >= 0.6 is 0 Å². The zero-order chi connectivity index (χ0) is 13.0. The summed E-state index contributed by atoms with van der Waals surface area (Å²) in [6.07, 6.45) is 6.65. The molecule has 2 aliphatic rings. The van der Waals surface area contributed by atoms with Crippen molar-refractivity contribution in [3.05, 3.63) is 0 Å². The fraction of sp³-hybridized carbons (Fsp3) is 1.00. The van der Waals surface area contributed by atoms with Gasteiger partial charge in [0.15, 0.2) is 0 Å². The van der Waals surface area contributed by atoms with Gasteiger partial charge in [-0.25, -0.2) is 0 Å². The molecule has 0 bridgehead atoms. The van der Waals surface area contributed by atoms with E-state index < -0.39 is 0 Å². The minimum atomic E-state index is -0.169. The summed E-state index contributed by atoms with van der Waals surface area (Å²) < 4.78 is 0. The number of hydrogen-bond acceptors (Lipinski definition) is 3. The largest absolute Gasteiger partial charge is 0.393 e. The molecule has 1 heterocycles. The summed E-state index contributed by atoms with van der Waals surface area (Å²) >= 11 is 0. The predicted molar refractivity (Wildman–Crippen MR) is 75.7 cm³/mol. The molecule has 3 nitrogen and oxygen atoms in total. The van der Waals surface area contributed by atoms with Crippen molar-refractivity contribution in [2.45, 2.75) is 58.1 Å². The average molecular weight is 254 g/mol. The van der Waals surface area contributed by atoms with E-state index in [1.807, 2.05) is 6.92 Å². The Morgan fingerprint density at radius 3 is 2.61 bits per heavy atom. The van der Waals surface area contributed by atoms with Gasteiger partial charge in [-0.1, -0.05) is 19.8 Å². The van der Waals surface area contributed by atoms with Crippen LogP contribution in [0.4, 0.5) is 0 Å². The van der Waals surface area contributed by atoms with Gasteiger partial charge in [0.1, 0.15) is 0 Å². The number of aliphatic hydroxyl groups is 1. The Balaban J connectivity index is 1.87. The number of nitrogens with zero attached hydrogens (tertiary/aromatic N) is 1. The minimum Gasteiger partial charge on any atom is -0.393 e. The second-order valence-corrected chi connectivity index (χ2v) is 6.36. The van der Waals surface area contributed by atoms with Crippen molar-refractivity contribution in [3.63, 3.8) is 0 Å². The molecule has 0 aromatic rings. The molecule has 2 N–H and O–H groups in total. The van der Waals surface area contributed by atoms with Crippen molar-refractivity contribution in [2.75, 3.05) is 26.2 Å². The van der Waals surface area contributed by atoms with Crippen molar-refractivity contribution in [2.24, 2.45) is 11.8 Å². The van der Waals surface area contributed by atoms with Gasteiger partial charge in [0.2, 0.25) is 0 Å². The summed E-state index contributed by atoms with van der Waals surface area (Å²) in [4.78, 5) is 2.60. The highest BCUT2D eigenvalue weighted by Crippen LogP contribution is 2.28. The van der Waals surface area contributed by atoms with Crippen LogP contribution in [0, 0.1) is 11.8 Å². The third-order valence-corrected chi connectivity index (χ3v) is 4.72. The van der Waals surface area contributed by atoms with Crippen LogP contribution in [0.5, 0.6) is 0 Å². The number of piperidine rings is 1. The van der Waals surface area contributed by atoms with Gasteiger partial charge in [-0.05, 0) is 44.6 Å². The maximum Gasteiger partial charge on any atom is 0.0553 e. The molecule has 0 amide bonds. The summed E-state index contributed by atoms with van der Waals surface area (Å²) in [7, 11) is 0. The summed E-state index contributed by atoms with van der Waals surface area (Å²) in [6, 6.07) is 0.574. The van der Waals surface area contributed by atoms with E-state index in [9.17, 15) is 5.11 Å². The van der Waals surface area contributed by atoms with Crippen molar-refractivity contribution in [1.82, 2.24) is 10.2 Å². The van der Waals surface area contributed by atoms with Gasteiger partial charge >= 0.3 is 0 Å². The molecule has 3 unspecified atom stereocenters. The van der Waals surface area contributed by atoms with Crippen LogP contribution in [0.1, 0.15) is 46.0 Å². The second-order valence-electron chi connectivity index (χ2n) is 6.36. The first-order valence-electron chi connectivity index (χ1n) is 7.82. The van der Waals surface area contributed by atoms with Crippen LogP contribution in [0.2, 0.25) is 0 Å². The highest BCUT2D eigenvalue weighted by atomic mass is 16.3. The molecule has 0 aromatic carbocycles. The van der Waals surface area contributed by atoms with Crippen molar-refractivity contribution in [1.29, 1.82) is 0 Å². The van der Waals surface area contributed by atoms with Gasteiger partial charge < -0.3 is 15.3 Å². The number of likely N-dealkylation sites (N-methyl/N-ethyl adjacent to an activating group) is 1. The quantitative estimate of drug-likeness (QED) is 0.786. The number of hydrogen-bond donors (Lipinski definition) is 2. The van der Waals surface area contributed by atoms with Crippen molar-refractivity contribution < 1.29 is 5.11 Å². The van der Waals surface area contributed by atoms with Gasteiger partial charge in [0.25, 0.3) is 0 Å². The van der Waals surface area contributed by atoms with Crippen LogP contribution in [-0.2, 0) is 0 Å². The number of rotatable bonds is 5. The molecule has 3 heteroatoms. The first-order valence-corrected chi connectivity index (χ1v) is 7.82. The number of likely N-dealkylation sites (tertiary alicyclic amines) is 1. The highest BCUT2D eigenvalue weighted by molar-refractivity contribution is 4.86. The molecule has 2 fully saturated rings. The standard InChI is InChI=1S/C15H30N2O/c1-3-16-15-8-14(12(2)18)10-17(11-15)9-13-6-4-5-7-13/h12-16,18H,3-11H2,1-2H3. The number of nitrogens with one attached hydrogen (secondary N) is 1. The lowest BCUT2D eigenvalue weighted by atomic mass is 9.89.